The molecule has 0 spiro atoms. The number of hydrogen-bond acceptors (Lipinski definition) is 3. The third-order valence-electron chi connectivity index (χ3n) is 10.8. The van der Waals surface area contributed by atoms with Crippen molar-refractivity contribution in [3.8, 4) is 89.8 Å². The molecule has 10 aromatic rings. The number of aromatic nitrogens is 3. The van der Waals surface area contributed by atoms with Gasteiger partial charge in [0.25, 0.3) is 0 Å². The summed E-state index contributed by atoms with van der Waals surface area (Å²) >= 11 is 0. The van der Waals surface area contributed by atoms with Crippen LogP contribution in [0, 0.1) is 0 Å². The van der Waals surface area contributed by atoms with Crippen LogP contribution in [-0.2, 0) is 0 Å². The molecule has 1 heterocycles. The molecule has 0 aliphatic rings. The molecule has 0 unspecified atom stereocenters. The summed E-state index contributed by atoms with van der Waals surface area (Å²) < 4.78 is 0. The van der Waals surface area contributed by atoms with Crippen molar-refractivity contribution >= 4 is 10.8 Å². The van der Waals surface area contributed by atoms with E-state index in [0.717, 1.165) is 50.1 Å². The number of nitrogens with zero attached hydrogens (tertiary/aromatic N) is 3. The van der Waals surface area contributed by atoms with Gasteiger partial charge in [-0.15, -0.1) is 0 Å². The molecule has 0 fully saturated rings. The van der Waals surface area contributed by atoms with E-state index in [9.17, 15) is 0 Å². The van der Waals surface area contributed by atoms with Crippen molar-refractivity contribution in [2.24, 2.45) is 0 Å². The molecule has 1 aromatic heterocycles. The van der Waals surface area contributed by atoms with Gasteiger partial charge >= 0.3 is 0 Å². The Labute approximate surface area is 338 Å². The van der Waals surface area contributed by atoms with Crippen LogP contribution in [0.1, 0.15) is 0 Å². The first-order chi connectivity index (χ1) is 28.7. The fourth-order valence-corrected chi connectivity index (χ4v) is 7.75. The molecule has 272 valence electrons. The highest BCUT2D eigenvalue weighted by Crippen LogP contribution is 2.41. The molecule has 0 bridgehead atoms. The Morgan fingerprint density at radius 1 is 0.207 bits per heavy atom. The van der Waals surface area contributed by atoms with E-state index in [2.05, 4.69) is 212 Å². The quantitative estimate of drug-likeness (QED) is 0.156. The van der Waals surface area contributed by atoms with Crippen LogP contribution in [0.5, 0.6) is 0 Å². The molecule has 10 rings (SSSR count). The second kappa shape index (κ2) is 15.4. The zero-order chi connectivity index (χ0) is 38.7. The van der Waals surface area contributed by atoms with Gasteiger partial charge in [-0.1, -0.05) is 218 Å². The van der Waals surface area contributed by atoms with Gasteiger partial charge in [0, 0.05) is 22.3 Å². The van der Waals surface area contributed by atoms with E-state index >= 15 is 0 Å². The highest BCUT2D eigenvalue weighted by molar-refractivity contribution is 5.97. The largest absolute Gasteiger partial charge is 0.208 e. The second-order valence-corrected chi connectivity index (χ2v) is 14.4. The zero-order valence-corrected chi connectivity index (χ0v) is 31.7. The Balaban J connectivity index is 1.16. The summed E-state index contributed by atoms with van der Waals surface area (Å²) in [4.78, 5) is 15.7. The molecule has 0 aliphatic heterocycles. The first kappa shape index (κ1) is 34.7. The normalized spacial score (nSPS) is 11.1. The van der Waals surface area contributed by atoms with Gasteiger partial charge in [-0.05, 0) is 66.9 Å². The van der Waals surface area contributed by atoms with Crippen molar-refractivity contribution in [3.63, 3.8) is 0 Å². The monoisotopic (exact) mass is 739 g/mol. The van der Waals surface area contributed by atoms with Gasteiger partial charge in [-0.25, -0.2) is 15.0 Å². The maximum atomic E-state index is 5.28. The number of benzene rings is 9. The van der Waals surface area contributed by atoms with Crippen LogP contribution in [0.25, 0.3) is 101 Å². The highest BCUT2D eigenvalue weighted by atomic mass is 15.0. The topological polar surface area (TPSA) is 38.7 Å². The van der Waals surface area contributed by atoms with E-state index in [0.29, 0.717) is 17.5 Å². The lowest BCUT2D eigenvalue weighted by Crippen LogP contribution is -2.02. The lowest BCUT2D eigenvalue weighted by Gasteiger charge is -2.17. The van der Waals surface area contributed by atoms with E-state index in [1.165, 1.54) is 33.0 Å². The summed E-state index contributed by atoms with van der Waals surface area (Å²) in [6, 6.07) is 78.9. The molecule has 58 heavy (non-hydrogen) atoms. The predicted octanol–water partition coefficient (Wildman–Crippen LogP) is 14.4. The minimum atomic E-state index is 0.616. The summed E-state index contributed by atoms with van der Waals surface area (Å²) in [6.07, 6.45) is 0. The Hall–Kier alpha value is -7.75. The maximum absolute atomic E-state index is 5.28. The molecule has 0 saturated heterocycles. The molecule has 0 amide bonds. The summed E-state index contributed by atoms with van der Waals surface area (Å²) in [5, 5.41) is 2.37. The van der Waals surface area contributed by atoms with Crippen LogP contribution in [0.2, 0.25) is 0 Å². The van der Waals surface area contributed by atoms with Crippen LogP contribution in [0.15, 0.2) is 224 Å². The SMILES string of the molecule is c1ccc(-c2ccc(-c3nc(-c4ccc(-c5ccccc5)cc4)nc(-c4cccc(-c5ccc(-c6ccccc6)cc5)c4-c4ccc5ccccc5c4)n3)cc2)cc1. The first-order valence-corrected chi connectivity index (χ1v) is 19.6. The van der Waals surface area contributed by atoms with Crippen LogP contribution in [0.4, 0.5) is 0 Å². The van der Waals surface area contributed by atoms with Crippen molar-refractivity contribution in [3.05, 3.63) is 224 Å². The molecule has 0 aliphatic carbocycles. The Kier molecular flexibility index (Phi) is 9.23. The van der Waals surface area contributed by atoms with E-state index < -0.39 is 0 Å². The van der Waals surface area contributed by atoms with Crippen molar-refractivity contribution in [1.29, 1.82) is 0 Å². The van der Waals surface area contributed by atoms with Crippen molar-refractivity contribution in [1.82, 2.24) is 15.0 Å². The van der Waals surface area contributed by atoms with Gasteiger partial charge < -0.3 is 0 Å². The molecule has 3 heteroatoms. The Morgan fingerprint density at radius 2 is 0.569 bits per heavy atom. The molecule has 9 aromatic carbocycles. The van der Waals surface area contributed by atoms with E-state index in [1.54, 1.807) is 0 Å². The Morgan fingerprint density at radius 3 is 1.07 bits per heavy atom. The first-order valence-electron chi connectivity index (χ1n) is 19.6. The predicted molar refractivity (Wildman–Crippen MR) is 241 cm³/mol. The number of rotatable bonds is 8. The molecule has 0 atom stereocenters. The fourth-order valence-electron chi connectivity index (χ4n) is 7.75. The van der Waals surface area contributed by atoms with Gasteiger partial charge in [0.2, 0.25) is 0 Å². The smallest absolute Gasteiger partial charge is 0.164 e. The van der Waals surface area contributed by atoms with Gasteiger partial charge in [0.1, 0.15) is 0 Å². The Bertz CT molecular complexity index is 2890. The average Bonchev–Trinajstić information content (AvgIpc) is 3.32. The van der Waals surface area contributed by atoms with Crippen LogP contribution in [-0.4, -0.2) is 15.0 Å². The third kappa shape index (κ3) is 6.98. The summed E-state index contributed by atoms with van der Waals surface area (Å²) in [7, 11) is 0. The van der Waals surface area contributed by atoms with E-state index in [4.69, 9.17) is 15.0 Å². The minimum Gasteiger partial charge on any atom is -0.208 e. The summed E-state index contributed by atoms with van der Waals surface area (Å²) in [6.45, 7) is 0. The van der Waals surface area contributed by atoms with Gasteiger partial charge in [-0.3, -0.25) is 0 Å². The van der Waals surface area contributed by atoms with Crippen LogP contribution in [0.3, 0.4) is 0 Å². The summed E-state index contributed by atoms with van der Waals surface area (Å²) in [5.74, 6) is 1.85. The van der Waals surface area contributed by atoms with Gasteiger partial charge in [0.15, 0.2) is 17.5 Å². The van der Waals surface area contributed by atoms with Crippen molar-refractivity contribution in [2.45, 2.75) is 0 Å². The van der Waals surface area contributed by atoms with Crippen molar-refractivity contribution < 1.29 is 0 Å². The number of fused-ring (bicyclic) bond motifs is 1. The minimum absolute atomic E-state index is 0.616. The molecule has 0 N–H and O–H groups in total. The lowest BCUT2D eigenvalue weighted by molar-refractivity contribution is 1.07. The fraction of sp³-hybridized carbons (Fsp3) is 0. The molecule has 0 radical (unpaired) electrons. The van der Waals surface area contributed by atoms with E-state index in [-0.39, 0.29) is 0 Å². The summed E-state index contributed by atoms with van der Waals surface area (Å²) in [5.41, 5.74) is 14.1. The third-order valence-corrected chi connectivity index (χ3v) is 10.8. The molecule has 3 nitrogen and oxygen atoms in total. The van der Waals surface area contributed by atoms with Gasteiger partial charge in [-0.2, -0.15) is 0 Å². The molecular formula is C55H37N3. The molecular weight excluding hydrogens is 703 g/mol. The maximum Gasteiger partial charge on any atom is 0.164 e. The lowest BCUT2D eigenvalue weighted by atomic mass is 9.88. The average molecular weight is 740 g/mol. The highest BCUT2D eigenvalue weighted by Gasteiger charge is 2.20. The number of hydrogen-bond donors (Lipinski definition) is 0. The van der Waals surface area contributed by atoms with E-state index in [1.807, 2.05) is 12.1 Å². The standard InChI is InChI=1S/C55H37N3/c1-4-13-38(14-5-1)42-23-30-45(31-24-42)50-21-12-22-51(52(50)49-36-29-41-19-10-11-20-48(41)37-49)55-57-53(46-32-25-43(26-33-46)39-15-6-2-7-16-39)56-54(58-55)47-34-27-44(28-35-47)40-17-8-3-9-18-40/h1-37H. The zero-order valence-electron chi connectivity index (χ0n) is 31.7. The molecule has 0 saturated carbocycles. The van der Waals surface area contributed by atoms with Gasteiger partial charge in [0.05, 0.1) is 0 Å². The van der Waals surface area contributed by atoms with Crippen molar-refractivity contribution in [2.75, 3.05) is 0 Å². The second-order valence-electron chi connectivity index (χ2n) is 14.4. The van der Waals surface area contributed by atoms with Crippen LogP contribution >= 0.6 is 0 Å². The van der Waals surface area contributed by atoms with Crippen LogP contribution < -0.4 is 0 Å².